The summed E-state index contributed by atoms with van der Waals surface area (Å²) in [6.07, 6.45) is -0.741. The summed E-state index contributed by atoms with van der Waals surface area (Å²) >= 11 is 0. The van der Waals surface area contributed by atoms with Gasteiger partial charge in [0.15, 0.2) is 11.6 Å². The lowest BCUT2D eigenvalue weighted by Crippen LogP contribution is -2.13. The Morgan fingerprint density at radius 1 is 1.43 bits per heavy atom. The minimum absolute atomic E-state index is 0.0969. The number of nitrogen functional groups attached to an aromatic ring is 1. The molecule has 3 N–H and O–H groups in total. The highest BCUT2D eigenvalue weighted by Crippen LogP contribution is 2.22. The molecule has 0 spiro atoms. The molecule has 0 bridgehead atoms. The van der Waals surface area contributed by atoms with Gasteiger partial charge in [0.2, 0.25) is 0 Å². The molecule has 0 amide bonds. The largest absolute Gasteiger partial charge is 0.488 e. The van der Waals surface area contributed by atoms with Crippen LogP contribution in [0.25, 0.3) is 0 Å². The summed E-state index contributed by atoms with van der Waals surface area (Å²) in [4.78, 5) is 0. The number of hydrogen-bond acceptors (Lipinski definition) is 3. The predicted molar refractivity (Wildman–Crippen MR) is 47.9 cm³/mol. The van der Waals surface area contributed by atoms with Crippen molar-refractivity contribution in [1.82, 2.24) is 0 Å². The second-order valence-corrected chi connectivity index (χ2v) is 2.96. The zero-order valence-corrected chi connectivity index (χ0v) is 7.63. The van der Waals surface area contributed by atoms with Crippen LogP contribution in [-0.2, 0) is 0 Å². The summed E-state index contributed by atoms with van der Waals surface area (Å²) in [5.74, 6) is -1.74. The van der Waals surface area contributed by atoms with Gasteiger partial charge in [-0.2, -0.15) is 0 Å². The maximum atomic E-state index is 13.0. The van der Waals surface area contributed by atoms with Gasteiger partial charge in [-0.1, -0.05) is 0 Å². The smallest absolute Gasteiger partial charge is 0.167 e. The van der Waals surface area contributed by atoms with Gasteiger partial charge in [-0.3, -0.25) is 0 Å². The Kier molecular flexibility index (Phi) is 3.24. The summed E-state index contributed by atoms with van der Waals surface area (Å²) in [6, 6.07) is 1.69. The molecule has 0 saturated heterocycles. The first kappa shape index (κ1) is 10.7. The first-order valence-electron chi connectivity index (χ1n) is 4.06. The quantitative estimate of drug-likeness (QED) is 0.728. The van der Waals surface area contributed by atoms with Crippen LogP contribution in [0.15, 0.2) is 12.1 Å². The standard InChI is InChI=1S/C9H11F2NO2/c1-5(13)4-14-9-3-6(10)8(12)2-7(9)11/h2-3,5,13H,4,12H2,1H3. The molecule has 0 heterocycles. The topological polar surface area (TPSA) is 55.5 Å². The van der Waals surface area contributed by atoms with Crippen molar-refractivity contribution in [2.75, 3.05) is 12.3 Å². The Morgan fingerprint density at radius 2 is 2.07 bits per heavy atom. The fraction of sp³-hybridized carbons (Fsp3) is 0.333. The summed E-state index contributed by atoms with van der Waals surface area (Å²) in [6.45, 7) is 1.38. The number of aliphatic hydroxyl groups excluding tert-OH is 1. The third-order valence-electron chi connectivity index (χ3n) is 1.53. The van der Waals surface area contributed by atoms with E-state index in [2.05, 4.69) is 0 Å². The van der Waals surface area contributed by atoms with Gasteiger partial charge in [-0.15, -0.1) is 0 Å². The van der Waals surface area contributed by atoms with Gasteiger partial charge < -0.3 is 15.6 Å². The number of nitrogens with two attached hydrogens (primary N) is 1. The highest BCUT2D eigenvalue weighted by Gasteiger charge is 2.09. The van der Waals surface area contributed by atoms with Crippen LogP contribution in [0.4, 0.5) is 14.5 Å². The molecule has 0 fully saturated rings. The van der Waals surface area contributed by atoms with Crippen molar-refractivity contribution < 1.29 is 18.6 Å². The first-order chi connectivity index (χ1) is 6.50. The molecule has 0 saturated carbocycles. The van der Waals surface area contributed by atoms with Gasteiger partial charge in [-0.05, 0) is 6.92 Å². The summed E-state index contributed by atoms with van der Waals surface area (Å²) in [5.41, 5.74) is 4.85. The Labute approximate surface area is 80.1 Å². The van der Waals surface area contributed by atoms with Gasteiger partial charge in [0.25, 0.3) is 0 Å². The Balaban J connectivity index is 2.82. The van der Waals surface area contributed by atoms with E-state index in [9.17, 15) is 8.78 Å². The average molecular weight is 203 g/mol. The fourth-order valence-corrected chi connectivity index (χ4v) is 0.865. The zero-order chi connectivity index (χ0) is 10.7. The van der Waals surface area contributed by atoms with Crippen molar-refractivity contribution in [2.24, 2.45) is 0 Å². The number of ether oxygens (including phenoxy) is 1. The Bertz CT molecular complexity index is 329. The monoisotopic (exact) mass is 203 g/mol. The molecule has 78 valence electrons. The number of hydrogen-bond donors (Lipinski definition) is 2. The van der Waals surface area contributed by atoms with E-state index < -0.39 is 17.7 Å². The van der Waals surface area contributed by atoms with Crippen molar-refractivity contribution in [3.05, 3.63) is 23.8 Å². The van der Waals surface area contributed by atoms with E-state index in [0.29, 0.717) is 0 Å². The van der Waals surface area contributed by atoms with E-state index in [1.807, 2.05) is 0 Å². The highest BCUT2D eigenvalue weighted by atomic mass is 19.1. The van der Waals surface area contributed by atoms with Crippen molar-refractivity contribution in [3.63, 3.8) is 0 Å². The van der Waals surface area contributed by atoms with Crippen molar-refractivity contribution >= 4 is 5.69 Å². The van der Waals surface area contributed by atoms with Crippen LogP contribution in [0.3, 0.4) is 0 Å². The molecule has 0 aliphatic carbocycles. The van der Waals surface area contributed by atoms with Crippen molar-refractivity contribution in [1.29, 1.82) is 0 Å². The van der Waals surface area contributed by atoms with Gasteiger partial charge in [0.1, 0.15) is 12.4 Å². The summed E-state index contributed by atoms with van der Waals surface area (Å²) < 4.78 is 30.7. The molecule has 14 heavy (non-hydrogen) atoms. The van der Waals surface area contributed by atoms with Crippen LogP contribution in [0.1, 0.15) is 6.92 Å². The highest BCUT2D eigenvalue weighted by molar-refractivity contribution is 5.44. The van der Waals surface area contributed by atoms with Gasteiger partial charge in [0.05, 0.1) is 11.8 Å². The number of rotatable bonds is 3. The molecule has 1 atom stereocenters. The minimum atomic E-state index is -0.746. The number of aliphatic hydroxyl groups is 1. The Morgan fingerprint density at radius 3 is 2.64 bits per heavy atom. The third kappa shape index (κ3) is 2.56. The third-order valence-corrected chi connectivity index (χ3v) is 1.53. The van der Waals surface area contributed by atoms with Crippen molar-refractivity contribution in [3.8, 4) is 5.75 Å². The summed E-state index contributed by atoms with van der Waals surface area (Å²) in [7, 11) is 0. The minimum Gasteiger partial charge on any atom is -0.488 e. The number of halogens is 2. The maximum absolute atomic E-state index is 13.0. The molecule has 0 aliphatic heterocycles. The van der Waals surface area contributed by atoms with E-state index in [1.54, 1.807) is 0 Å². The maximum Gasteiger partial charge on any atom is 0.167 e. The molecule has 0 aromatic heterocycles. The van der Waals surface area contributed by atoms with E-state index >= 15 is 0 Å². The van der Waals surface area contributed by atoms with Crippen LogP contribution in [0.2, 0.25) is 0 Å². The lowest BCUT2D eigenvalue weighted by molar-refractivity contribution is 0.120. The van der Waals surface area contributed by atoms with Crippen LogP contribution in [0, 0.1) is 11.6 Å². The van der Waals surface area contributed by atoms with Crippen LogP contribution < -0.4 is 10.5 Å². The summed E-state index contributed by atoms with van der Waals surface area (Å²) in [5, 5.41) is 8.86. The predicted octanol–water partition coefficient (Wildman–Crippen LogP) is 1.31. The lowest BCUT2D eigenvalue weighted by atomic mass is 10.3. The van der Waals surface area contributed by atoms with Crippen molar-refractivity contribution in [2.45, 2.75) is 13.0 Å². The molecular formula is C9H11F2NO2. The molecule has 1 aromatic carbocycles. The van der Waals surface area contributed by atoms with Gasteiger partial charge >= 0.3 is 0 Å². The number of anilines is 1. The zero-order valence-electron chi connectivity index (χ0n) is 7.63. The second-order valence-electron chi connectivity index (χ2n) is 2.96. The fourth-order valence-electron chi connectivity index (χ4n) is 0.865. The normalized spacial score (nSPS) is 12.6. The molecule has 1 aromatic rings. The van der Waals surface area contributed by atoms with Crippen LogP contribution in [0.5, 0.6) is 5.75 Å². The average Bonchev–Trinajstić information content (AvgIpc) is 2.09. The van der Waals surface area contributed by atoms with E-state index in [0.717, 1.165) is 12.1 Å². The molecule has 0 aliphatic rings. The second kappa shape index (κ2) is 4.23. The van der Waals surface area contributed by atoms with E-state index in [4.69, 9.17) is 15.6 Å². The molecular weight excluding hydrogens is 192 g/mol. The molecule has 0 radical (unpaired) electrons. The lowest BCUT2D eigenvalue weighted by Gasteiger charge is -2.09. The van der Waals surface area contributed by atoms with E-state index in [-0.39, 0.29) is 18.0 Å². The molecule has 1 rings (SSSR count). The molecule has 3 nitrogen and oxygen atoms in total. The number of benzene rings is 1. The van der Waals surface area contributed by atoms with Crippen LogP contribution in [-0.4, -0.2) is 17.8 Å². The van der Waals surface area contributed by atoms with Crippen LogP contribution >= 0.6 is 0 Å². The Hall–Kier alpha value is -1.36. The SMILES string of the molecule is CC(O)COc1cc(F)c(N)cc1F. The first-order valence-corrected chi connectivity index (χ1v) is 4.06. The van der Waals surface area contributed by atoms with E-state index in [1.165, 1.54) is 6.92 Å². The molecule has 1 unspecified atom stereocenters. The van der Waals surface area contributed by atoms with Gasteiger partial charge in [-0.25, -0.2) is 8.78 Å². The van der Waals surface area contributed by atoms with Gasteiger partial charge in [0, 0.05) is 12.1 Å². The molecule has 5 heteroatoms.